The Bertz CT molecular complexity index is 1320. The molecule has 3 heterocycles. The number of pyridine rings is 1. The number of carbonyl (C=O) groups is 1. The lowest BCUT2D eigenvalue weighted by molar-refractivity contribution is -0.122. The van der Waals surface area contributed by atoms with Crippen LogP contribution < -0.4 is 25.8 Å². The number of morpholine rings is 1. The van der Waals surface area contributed by atoms with Gasteiger partial charge in [0, 0.05) is 37.3 Å². The van der Waals surface area contributed by atoms with E-state index in [0.29, 0.717) is 29.9 Å². The fourth-order valence-corrected chi connectivity index (χ4v) is 4.44. The van der Waals surface area contributed by atoms with Crippen LogP contribution in [0.4, 0.5) is 17.5 Å². The first-order valence-electron chi connectivity index (χ1n) is 11.9. The third-order valence-corrected chi connectivity index (χ3v) is 6.13. The number of amides is 1. The summed E-state index contributed by atoms with van der Waals surface area (Å²) in [5.41, 5.74) is 1.18. The second-order valence-electron chi connectivity index (χ2n) is 9.17. The molecule has 1 aliphatic rings. The topological polar surface area (TPSA) is 111 Å². The normalized spacial score (nSPS) is 17.9. The molecule has 2 aromatic heterocycles. The number of nitrogens with zero attached hydrogens (tertiary/aromatic N) is 4. The number of likely N-dealkylation sites (N-methyl/N-ethyl adjacent to an activating group) is 1. The smallest absolute Gasteiger partial charge is 0.293 e. The zero-order valence-corrected chi connectivity index (χ0v) is 21.8. The highest BCUT2D eigenvalue weighted by molar-refractivity contribution is 6.32. The van der Waals surface area contributed by atoms with Gasteiger partial charge < -0.3 is 29.6 Å². The third kappa shape index (κ3) is 5.55. The summed E-state index contributed by atoms with van der Waals surface area (Å²) < 4.78 is 13.0. The second-order valence-corrected chi connectivity index (χ2v) is 9.57. The first-order chi connectivity index (χ1) is 17.2. The summed E-state index contributed by atoms with van der Waals surface area (Å²) in [5, 5.41) is 6.91. The number of hydrogen-bond donors (Lipinski definition) is 2. The van der Waals surface area contributed by atoms with E-state index >= 15 is 0 Å². The highest BCUT2D eigenvalue weighted by Gasteiger charge is 2.24. The summed E-state index contributed by atoms with van der Waals surface area (Å²) in [6.07, 6.45) is 1.73. The molecular weight excluding hydrogens is 484 g/mol. The molecule has 1 aromatic carbocycles. The maximum absolute atomic E-state index is 13.0. The van der Waals surface area contributed by atoms with Crippen LogP contribution in [0.5, 0.6) is 5.75 Å². The van der Waals surface area contributed by atoms with Crippen LogP contribution in [0.1, 0.15) is 33.7 Å². The molecule has 36 heavy (non-hydrogen) atoms. The van der Waals surface area contributed by atoms with Crippen molar-refractivity contribution in [2.45, 2.75) is 45.9 Å². The van der Waals surface area contributed by atoms with E-state index in [1.165, 1.54) is 7.05 Å². The van der Waals surface area contributed by atoms with E-state index in [4.69, 9.17) is 21.1 Å². The largest absolute Gasteiger partial charge is 0.478 e. The molecule has 0 unspecified atom stereocenters. The molecule has 4 rings (SSSR count). The molecule has 2 atom stereocenters. The number of aromatic nitrogens is 3. The van der Waals surface area contributed by atoms with E-state index in [1.54, 1.807) is 16.8 Å². The minimum absolute atomic E-state index is 0.0725. The van der Waals surface area contributed by atoms with E-state index in [2.05, 4.69) is 25.5 Å². The lowest BCUT2D eigenvalue weighted by atomic mass is 10.1. The standard InChI is InChI=1S/C25H31ClN6O4/c1-14(2)32-20-7-6-18(8-17(20)9-21(24(32)34)35-13-22(33)27-5)29-23-19(26)10-28-25(30-23)31-11-15(3)36-16(4)12-31/h6-10,14-16H,11-13H2,1-5H3,(H,27,33)(H,28,29,30)/t15-,16+. The summed E-state index contributed by atoms with van der Waals surface area (Å²) in [5.74, 6) is 0.832. The van der Waals surface area contributed by atoms with Crippen molar-refractivity contribution in [2.75, 3.05) is 37.0 Å². The van der Waals surface area contributed by atoms with Crippen LogP contribution >= 0.6 is 11.6 Å². The van der Waals surface area contributed by atoms with Crippen LogP contribution in [0.15, 0.2) is 35.3 Å². The van der Waals surface area contributed by atoms with Gasteiger partial charge in [0.25, 0.3) is 11.5 Å². The van der Waals surface area contributed by atoms with Crippen molar-refractivity contribution < 1.29 is 14.3 Å². The molecule has 1 fully saturated rings. The highest BCUT2D eigenvalue weighted by atomic mass is 35.5. The first kappa shape index (κ1) is 25.7. The summed E-state index contributed by atoms with van der Waals surface area (Å²) >= 11 is 6.42. The Balaban J connectivity index is 1.67. The minimum atomic E-state index is -0.320. The molecule has 0 saturated carbocycles. The third-order valence-electron chi connectivity index (χ3n) is 5.85. The number of fused-ring (bicyclic) bond motifs is 1. The number of nitrogens with one attached hydrogen (secondary N) is 2. The van der Waals surface area contributed by atoms with E-state index in [1.807, 2.05) is 45.9 Å². The summed E-state index contributed by atoms with van der Waals surface area (Å²) in [6.45, 7) is 9.02. The Morgan fingerprint density at radius 2 is 1.97 bits per heavy atom. The van der Waals surface area contributed by atoms with Gasteiger partial charge in [-0.15, -0.1) is 0 Å². The Morgan fingerprint density at radius 3 is 2.64 bits per heavy atom. The number of hydrogen-bond acceptors (Lipinski definition) is 8. The van der Waals surface area contributed by atoms with Gasteiger partial charge in [-0.25, -0.2) is 4.98 Å². The first-order valence-corrected chi connectivity index (χ1v) is 12.3. The van der Waals surface area contributed by atoms with Crippen molar-refractivity contribution in [3.8, 4) is 5.75 Å². The molecule has 0 spiro atoms. The molecular formula is C25H31ClN6O4. The van der Waals surface area contributed by atoms with Crippen molar-refractivity contribution in [2.24, 2.45) is 0 Å². The lowest BCUT2D eigenvalue weighted by Gasteiger charge is -2.35. The average molecular weight is 515 g/mol. The molecule has 1 aliphatic heterocycles. The van der Waals surface area contributed by atoms with Gasteiger partial charge in [-0.3, -0.25) is 9.59 Å². The summed E-state index contributed by atoms with van der Waals surface area (Å²) in [7, 11) is 1.51. The van der Waals surface area contributed by atoms with Crippen LogP contribution in [-0.4, -0.2) is 59.4 Å². The molecule has 1 amide bonds. The quantitative estimate of drug-likeness (QED) is 0.493. The van der Waals surface area contributed by atoms with E-state index in [-0.39, 0.29) is 42.1 Å². The number of rotatable bonds is 7. The van der Waals surface area contributed by atoms with Gasteiger partial charge in [0.2, 0.25) is 5.95 Å². The zero-order valence-electron chi connectivity index (χ0n) is 21.0. The molecule has 10 nitrogen and oxygen atoms in total. The van der Waals surface area contributed by atoms with Crippen LogP contribution in [-0.2, 0) is 9.53 Å². The summed E-state index contributed by atoms with van der Waals surface area (Å²) in [4.78, 5) is 35.8. The van der Waals surface area contributed by atoms with Crippen LogP contribution in [0, 0.1) is 0 Å². The fraction of sp³-hybridized carbons (Fsp3) is 0.440. The van der Waals surface area contributed by atoms with Crippen LogP contribution in [0.2, 0.25) is 5.02 Å². The van der Waals surface area contributed by atoms with Crippen molar-refractivity contribution in [3.05, 3.63) is 45.8 Å². The van der Waals surface area contributed by atoms with Crippen LogP contribution in [0.3, 0.4) is 0 Å². The molecule has 11 heteroatoms. The number of ether oxygens (including phenoxy) is 2. The lowest BCUT2D eigenvalue weighted by Crippen LogP contribution is -2.46. The monoisotopic (exact) mass is 514 g/mol. The van der Waals surface area contributed by atoms with Crippen molar-refractivity contribution >= 4 is 45.9 Å². The van der Waals surface area contributed by atoms with Gasteiger partial charge in [-0.2, -0.15) is 4.98 Å². The fourth-order valence-electron chi connectivity index (χ4n) is 4.31. The van der Waals surface area contributed by atoms with Crippen molar-refractivity contribution in [1.29, 1.82) is 0 Å². The van der Waals surface area contributed by atoms with Gasteiger partial charge in [-0.1, -0.05) is 11.6 Å². The van der Waals surface area contributed by atoms with E-state index < -0.39 is 0 Å². The van der Waals surface area contributed by atoms with Gasteiger partial charge in [0.05, 0.1) is 23.9 Å². The Kier molecular flexibility index (Phi) is 7.65. The predicted octanol–water partition coefficient (Wildman–Crippen LogP) is 3.51. The zero-order chi connectivity index (χ0) is 26.0. The maximum Gasteiger partial charge on any atom is 0.293 e. The molecule has 3 aromatic rings. The average Bonchev–Trinajstić information content (AvgIpc) is 2.83. The van der Waals surface area contributed by atoms with Gasteiger partial charge in [-0.05, 0) is 52.0 Å². The van der Waals surface area contributed by atoms with Gasteiger partial charge in [0.1, 0.15) is 5.02 Å². The minimum Gasteiger partial charge on any atom is -0.478 e. The van der Waals surface area contributed by atoms with Gasteiger partial charge >= 0.3 is 0 Å². The van der Waals surface area contributed by atoms with E-state index in [9.17, 15) is 9.59 Å². The highest BCUT2D eigenvalue weighted by Crippen LogP contribution is 2.29. The molecule has 0 radical (unpaired) electrons. The second kappa shape index (κ2) is 10.7. The molecule has 1 saturated heterocycles. The number of carbonyl (C=O) groups excluding carboxylic acids is 1. The summed E-state index contributed by atoms with van der Waals surface area (Å²) in [6, 6.07) is 7.15. The van der Waals surface area contributed by atoms with Crippen molar-refractivity contribution in [3.63, 3.8) is 0 Å². The molecule has 2 N–H and O–H groups in total. The Labute approximate surface area is 214 Å². The predicted molar refractivity (Wildman–Crippen MR) is 141 cm³/mol. The number of anilines is 3. The Morgan fingerprint density at radius 1 is 1.25 bits per heavy atom. The SMILES string of the molecule is CNC(=O)COc1cc2cc(Nc3nc(N4C[C@@H](C)O[C@@H](C)C4)ncc3Cl)ccc2n(C(C)C)c1=O. The van der Waals surface area contributed by atoms with Crippen LogP contribution in [0.25, 0.3) is 10.9 Å². The Hall–Kier alpha value is -3.37. The molecule has 0 aliphatic carbocycles. The van der Waals surface area contributed by atoms with Crippen molar-refractivity contribution in [1.82, 2.24) is 19.9 Å². The molecule has 0 bridgehead atoms. The number of benzene rings is 1. The maximum atomic E-state index is 13.0. The van der Waals surface area contributed by atoms with E-state index in [0.717, 1.165) is 16.6 Å². The van der Waals surface area contributed by atoms with Gasteiger partial charge in [0.15, 0.2) is 18.2 Å². The number of halogens is 1. The molecule has 192 valence electrons.